The second-order valence-corrected chi connectivity index (χ2v) is 5.58. The van der Waals surface area contributed by atoms with Crippen LogP contribution in [0.5, 0.6) is 5.75 Å². The van der Waals surface area contributed by atoms with Crippen LogP contribution >= 0.6 is 11.6 Å². The van der Waals surface area contributed by atoms with E-state index in [2.05, 4.69) is 15.5 Å². The van der Waals surface area contributed by atoms with Crippen LogP contribution in [-0.4, -0.2) is 35.8 Å². The Morgan fingerprint density at radius 1 is 1.24 bits per heavy atom. The molecule has 1 amide bonds. The number of nitrogens with one attached hydrogen (secondary N) is 2. The van der Waals surface area contributed by atoms with Crippen molar-refractivity contribution in [3.63, 3.8) is 0 Å². The fourth-order valence-electron chi connectivity index (χ4n) is 2.24. The topological polar surface area (TPSA) is 93.3 Å². The summed E-state index contributed by atoms with van der Waals surface area (Å²) in [6.07, 6.45) is 1.65. The maximum absolute atomic E-state index is 12.1. The molecule has 0 aliphatic heterocycles. The third kappa shape index (κ3) is 3.89. The summed E-state index contributed by atoms with van der Waals surface area (Å²) in [5.74, 6) is -0.657. The molecule has 0 saturated carbocycles. The van der Waals surface area contributed by atoms with Crippen LogP contribution < -0.4 is 10.1 Å². The predicted octanol–water partition coefficient (Wildman–Crippen LogP) is 3.02. The molecular formula is C17H14ClN3O4. The average molecular weight is 360 g/mol. The van der Waals surface area contributed by atoms with Gasteiger partial charge in [-0.3, -0.25) is 9.89 Å². The lowest BCUT2D eigenvalue weighted by Crippen LogP contribution is -2.21. The van der Waals surface area contributed by atoms with Gasteiger partial charge >= 0.3 is 5.97 Å². The molecule has 3 rings (SSSR count). The lowest BCUT2D eigenvalue weighted by atomic mass is 10.2. The number of carbonyl (C=O) groups is 2. The maximum atomic E-state index is 12.1. The highest BCUT2D eigenvalue weighted by Gasteiger charge is 2.13. The van der Waals surface area contributed by atoms with Gasteiger partial charge in [0.15, 0.2) is 6.61 Å². The third-order valence-corrected chi connectivity index (χ3v) is 3.68. The van der Waals surface area contributed by atoms with Gasteiger partial charge < -0.3 is 14.8 Å². The number of carbonyl (C=O) groups excluding carboxylic acids is 2. The molecule has 3 aromatic rings. The van der Waals surface area contributed by atoms with Gasteiger partial charge in [-0.25, -0.2) is 4.79 Å². The molecule has 0 bridgehead atoms. The molecule has 2 N–H and O–H groups in total. The molecule has 0 saturated heterocycles. The Bertz CT molecular complexity index is 939. The first kappa shape index (κ1) is 16.8. The Kier molecular flexibility index (Phi) is 4.85. The monoisotopic (exact) mass is 359 g/mol. The highest BCUT2D eigenvalue weighted by Crippen LogP contribution is 2.27. The molecule has 0 atom stereocenters. The number of anilines is 1. The van der Waals surface area contributed by atoms with E-state index in [1.807, 2.05) is 0 Å². The van der Waals surface area contributed by atoms with E-state index in [1.165, 1.54) is 7.11 Å². The van der Waals surface area contributed by atoms with Gasteiger partial charge in [-0.15, -0.1) is 0 Å². The first-order valence-corrected chi connectivity index (χ1v) is 7.68. The summed E-state index contributed by atoms with van der Waals surface area (Å²) in [5.41, 5.74) is 1.43. The number of hydrogen-bond acceptors (Lipinski definition) is 5. The van der Waals surface area contributed by atoms with Crippen molar-refractivity contribution < 1.29 is 19.1 Å². The summed E-state index contributed by atoms with van der Waals surface area (Å²) >= 11 is 5.90. The quantitative estimate of drug-likeness (QED) is 0.683. The second-order valence-electron chi connectivity index (χ2n) is 5.14. The summed E-state index contributed by atoms with van der Waals surface area (Å²) in [7, 11) is 1.48. The minimum atomic E-state index is -0.607. The van der Waals surface area contributed by atoms with Crippen LogP contribution in [0.25, 0.3) is 10.9 Å². The number of aromatic amines is 1. The molecule has 1 aromatic heterocycles. The average Bonchev–Trinajstić information content (AvgIpc) is 3.07. The number of methoxy groups -OCH3 is 1. The van der Waals surface area contributed by atoms with Crippen LogP contribution in [-0.2, 0) is 9.53 Å². The standard InChI is InChI=1S/C17H14ClN3O4/c1-24-15-5-4-12(18)7-14(15)20-16(22)9-25-17(23)10-2-3-11-8-19-21-13(11)6-10/h2-8H,9H2,1H3,(H,19,21)(H,20,22). The Balaban J connectivity index is 1.62. The van der Waals surface area contributed by atoms with Gasteiger partial charge in [-0.2, -0.15) is 5.10 Å². The van der Waals surface area contributed by atoms with Gasteiger partial charge in [0.25, 0.3) is 5.91 Å². The largest absolute Gasteiger partial charge is 0.495 e. The summed E-state index contributed by atoms with van der Waals surface area (Å²) in [4.78, 5) is 24.1. The molecule has 0 radical (unpaired) electrons. The van der Waals surface area contributed by atoms with E-state index >= 15 is 0 Å². The van der Waals surface area contributed by atoms with E-state index in [1.54, 1.807) is 42.6 Å². The molecular weight excluding hydrogens is 346 g/mol. The normalized spacial score (nSPS) is 10.5. The first-order valence-electron chi connectivity index (χ1n) is 7.30. The van der Waals surface area contributed by atoms with Crippen molar-refractivity contribution >= 4 is 40.1 Å². The van der Waals surface area contributed by atoms with E-state index in [0.717, 1.165) is 5.39 Å². The fourth-order valence-corrected chi connectivity index (χ4v) is 2.41. The van der Waals surface area contributed by atoms with Crippen molar-refractivity contribution in [2.75, 3.05) is 19.0 Å². The SMILES string of the molecule is COc1ccc(Cl)cc1NC(=O)COC(=O)c1ccc2cn[nH]c2c1. The summed E-state index contributed by atoms with van der Waals surface area (Å²) < 4.78 is 10.2. The van der Waals surface area contributed by atoms with Gasteiger partial charge in [0.2, 0.25) is 0 Å². The van der Waals surface area contributed by atoms with Crippen LogP contribution in [0.1, 0.15) is 10.4 Å². The van der Waals surface area contributed by atoms with Gasteiger partial charge in [-0.1, -0.05) is 17.7 Å². The number of hydrogen-bond donors (Lipinski definition) is 2. The van der Waals surface area contributed by atoms with Crippen molar-refractivity contribution in [3.05, 3.63) is 53.2 Å². The lowest BCUT2D eigenvalue weighted by molar-refractivity contribution is -0.119. The summed E-state index contributed by atoms with van der Waals surface area (Å²) in [6.45, 7) is -0.435. The van der Waals surface area contributed by atoms with Crippen LogP contribution in [0.3, 0.4) is 0 Å². The van der Waals surface area contributed by atoms with E-state index < -0.39 is 18.5 Å². The zero-order valence-corrected chi connectivity index (χ0v) is 14.0. The Morgan fingerprint density at radius 2 is 2.08 bits per heavy atom. The van der Waals surface area contributed by atoms with Crippen LogP contribution in [0.2, 0.25) is 5.02 Å². The van der Waals surface area contributed by atoms with Crippen LogP contribution in [0.4, 0.5) is 5.69 Å². The zero-order chi connectivity index (χ0) is 17.8. The second kappa shape index (κ2) is 7.23. The summed E-state index contributed by atoms with van der Waals surface area (Å²) in [6, 6.07) is 9.78. The summed E-state index contributed by atoms with van der Waals surface area (Å²) in [5, 5.41) is 10.6. The van der Waals surface area contributed by atoms with Crippen molar-refractivity contribution in [2.45, 2.75) is 0 Å². The third-order valence-electron chi connectivity index (χ3n) is 3.45. The van der Waals surface area contributed by atoms with Gasteiger partial charge in [0.1, 0.15) is 5.75 Å². The van der Waals surface area contributed by atoms with E-state index in [-0.39, 0.29) is 0 Å². The number of aromatic nitrogens is 2. The highest BCUT2D eigenvalue weighted by molar-refractivity contribution is 6.31. The van der Waals surface area contributed by atoms with Crippen LogP contribution in [0.15, 0.2) is 42.6 Å². The van der Waals surface area contributed by atoms with Crippen molar-refractivity contribution in [1.29, 1.82) is 0 Å². The number of halogens is 1. The molecule has 0 spiro atoms. The van der Waals surface area contributed by atoms with Crippen molar-refractivity contribution in [3.8, 4) is 5.75 Å². The van der Waals surface area contributed by atoms with Crippen molar-refractivity contribution in [2.24, 2.45) is 0 Å². The molecule has 128 valence electrons. The van der Waals surface area contributed by atoms with E-state index in [9.17, 15) is 9.59 Å². The molecule has 0 unspecified atom stereocenters. The zero-order valence-electron chi connectivity index (χ0n) is 13.2. The van der Waals surface area contributed by atoms with E-state index in [4.69, 9.17) is 21.1 Å². The Morgan fingerprint density at radius 3 is 2.88 bits per heavy atom. The number of nitrogens with zero attached hydrogens (tertiary/aromatic N) is 1. The molecule has 1 heterocycles. The number of rotatable bonds is 5. The number of benzene rings is 2. The number of ether oxygens (including phenoxy) is 2. The predicted molar refractivity (Wildman–Crippen MR) is 93.0 cm³/mol. The molecule has 25 heavy (non-hydrogen) atoms. The van der Waals surface area contributed by atoms with Gasteiger partial charge in [0.05, 0.1) is 30.1 Å². The van der Waals surface area contributed by atoms with Crippen molar-refractivity contribution in [1.82, 2.24) is 10.2 Å². The fraction of sp³-hybridized carbons (Fsp3) is 0.118. The minimum absolute atomic E-state index is 0.324. The highest BCUT2D eigenvalue weighted by atomic mass is 35.5. The molecule has 8 heteroatoms. The van der Waals surface area contributed by atoms with Gasteiger partial charge in [-0.05, 0) is 30.3 Å². The molecule has 7 nitrogen and oxygen atoms in total. The number of H-pyrrole nitrogens is 1. The number of amides is 1. The minimum Gasteiger partial charge on any atom is -0.495 e. The molecule has 2 aromatic carbocycles. The maximum Gasteiger partial charge on any atom is 0.338 e. The van der Waals surface area contributed by atoms with E-state index in [0.29, 0.717) is 27.5 Å². The number of esters is 1. The molecule has 0 aliphatic rings. The smallest absolute Gasteiger partial charge is 0.338 e. The molecule has 0 aliphatic carbocycles. The first-order chi connectivity index (χ1) is 12.1. The lowest BCUT2D eigenvalue weighted by Gasteiger charge is -2.11. The Labute approximate surface area is 147 Å². The van der Waals surface area contributed by atoms with Gasteiger partial charge in [0, 0.05) is 10.4 Å². The molecule has 0 fully saturated rings. The Hall–Kier alpha value is -3.06. The van der Waals surface area contributed by atoms with Crippen LogP contribution in [0, 0.1) is 0 Å². The number of fused-ring (bicyclic) bond motifs is 1.